The normalized spacial score (nSPS) is 18.3. The molecule has 1 aliphatic heterocycles. The summed E-state index contributed by atoms with van der Waals surface area (Å²) < 4.78 is 38.4. The maximum atomic E-state index is 12.8. The molecular formula is C20H24F3NO4S2. The Morgan fingerprint density at radius 2 is 2.13 bits per heavy atom. The molecule has 0 saturated carbocycles. The highest BCUT2D eigenvalue weighted by Gasteiger charge is 2.31. The number of alkyl halides is 3. The van der Waals surface area contributed by atoms with Crippen LogP contribution in [0.15, 0.2) is 36.4 Å². The van der Waals surface area contributed by atoms with Crippen LogP contribution in [-0.4, -0.2) is 62.3 Å². The van der Waals surface area contributed by atoms with Crippen molar-refractivity contribution in [2.75, 3.05) is 23.8 Å². The van der Waals surface area contributed by atoms with Crippen LogP contribution in [0.5, 0.6) is 0 Å². The van der Waals surface area contributed by atoms with Gasteiger partial charge in [-0.25, -0.2) is 0 Å². The lowest BCUT2D eigenvalue weighted by Crippen LogP contribution is -2.34. The number of aliphatic hydroxyl groups excluding tert-OH is 1. The van der Waals surface area contributed by atoms with Crippen LogP contribution in [0.3, 0.4) is 0 Å². The molecule has 2 N–H and O–H groups in total. The standard InChI is InChI=1S/C20H24F3NO4S2/c21-20(22,23)15-4-1-3-14(11-15)12-17(25)7-6-16-13-30-19(28)24(16)8-10-29-9-2-5-18(26)27/h1,3-4,6-7,11,16-17,25H,2,5,8-10,12-13H2,(H,26,27)/b7-6+/t16-,17+/m0/s1. The number of carbonyl (C=O) groups excluding carboxylic acids is 1. The van der Waals surface area contributed by atoms with Crippen LogP contribution in [-0.2, 0) is 17.4 Å². The van der Waals surface area contributed by atoms with E-state index in [-0.39, 0.29) is 24.1 Å². The molecule has 0 bridgehead atoms. The summed E-state index contributed by atoms with van der Waals surface area (Å²) in [5.41, 5.74) is -0.366. The molecule has 5 nitrogen and oxygen atoms in total. The first-order valence-electron chi connectivity index (χ1n) is 9.42. The molecule has 2 atom stereocenters. The number of rotatable bonds is 11. The molecule has 1 heterocycles. The molecule has 1 aromatic rings. The zero-order valence-corrected chi connectivity index (χ0v) is 17.8. The number of hydrogen-bond donors (Lipinski definition) is 2. The summed E-state index contributed by atoms with van der Waals surface area (Å²) in [7, 11) is 0. The summed E-state index contributed by atoms with van der Waals surface area (Å²) in [5, 5.41) is 18.8. The Hall–Kier alpha value is -1.65. The Labute approximate surface area is 181 Å². The topological polar surface area (TPSA) is 77.8 Å². The molecule has 0 aromatic heterocycles. The highest BCUT2D eigenvalue weighted by molar-refractivity contribution is 8.13. The van der Waals surface area contributed by atoms with E-state index >= 15 is 0 Å². The van der Waals surface area contributed by atoms with Gasteiger partial charge in [-0.2, -0.15) is 24.9 Å². The second kappa shape index (κ2) is 11.7. The van der Waals surface area contributed by atoms with Crippen LogP contribution in [0.4, 0.5) is 18.0 Å². The second-order valence-corrected chi connectivity index (χ2v) is 9.00. The molecule has 1 aromatic carbocycles. The number of carboxylic acids is 1. The van der Waals surface area contributed by atoms with Gasteiger partial charge in [-0.05, 0) is 23.8 Å². The number of halogens is 3. The lowest BCUT2D eigenvalue weighted by atomic mass is 10.0. The average molecular weight is 464 g/mol. The Balaban J connectivity index is 1.83. The molecule has 10 heteroatoms. The van der Waals surface area contributed by atoms with E-state index in [2.05, 4.69) is 0 Å². The Morgan fingerprint density at radius 3 is 2.83 bits per heavy atom. The van der Waals surface area contributed by atoms with Gasteiger partial charge >= 0.3 is 12.1 Å². The number of aliphatic carboxylic acids is 1. The van der Waals surface area contributed by atoms with Crippen molar-refractivity contribution in [3.05, 3.63) is 47.5 Å². The van der Waals surface area contributed by atoms with Crippen molar-refractivity contribution >= 4 is 34.7 Å². The number of hydrogen-bond acceptors (Lipinski definition) is 5. The van der Waals surface area contributed by atoms with Crippen LogP contribution < -0.4 is 0 Å². The maximum Gasteiger partial charge on any atom is 0.416 e. The predicted octanol–water partition coefficient (Wildman–Crippen LogP) is 4.30. The first kappa shape index (κ1) is 24.6. The molecular weight excluding hydrogens is 439 g/mol. The summed E-state index contributed by atoms with van der Waals surface area (Å²) in [5.74, 6) is 1.12. The molecule has 0 spiro atoms. The van der Waals surface area contributed by atoms with Crippen LogP contribution in [0.1, 0.15) is 24.0 Å². The van der Waals surface area contributed by atoms with Crippen LogP contribution in [0.2, 0.25) is 0 Å². The third-order valence-electron chi connectivity index (χ3n) is 4.42. The first-order chi connectivity index (χ1) is 14.2. The Bertz CT molecular complexity index is 758. The zero-order valence-electron chi connectivity index (χ0n) is 16.2. The van der Waals surface area contributed by atoms with Gasteiger partial charge in [-0.15, -0.1) is 0 Å². The summed E-state index contributed by atoms with van der Waals surface area (Å²) in [6, 6.07) is 4.69. The van der Waals surface area contributed by atoms with Gasteiger partial charge in [-0.1, -0.05) is 42.1 Å². The summed E-state index contributed by atoms with van der Waals surface area (Å²) in [4.78, 5) is 24.2. The third-order valence-corrected chi connectivity index (χ3v) is 6.46. The smallest absolute Gasteiger partial charge is 0.416 e. The van der Waals surface area contributed by atoms with Crippen molar-refractivity contribution in [1.29, 1.82) is 0 Å². The van der Waals surface area contributed by atoms with E-state index in [4.69, 9.17) is 5.11 Å². The Kier molecular flexibility index (Phi) is 9.57. The van der Waals surface area contributed by atoms with E-state index in [0.717, 1.165) is 12.1 Å². The number of aliphatic hydroxyl groups is 1. The van der Waals surface area contributed by atoms with Crippen molar-refractivity contribution in [2.24, 2.45) is 0 Å². The minimum absolute atomic E-state index is 0.0493. The molecule has 166 valence electrons. The van der Waals surface area contributed by atoms with E-state index in [0.29, 0.717) is 35.8 Å². The van der Waals surface area contributed by atoms with Gasteiger partial charge in [0, 0.05) is 30.9 Å². The lowest BCUT2D eigenvalue weighted by Gasteiger charge is -2.21. The molecule has 1 fully saturated rings. The fraction of sp³-hybridized carbons (Fsp3) is 0.500. The quantitative estimate of drug-likeness (QED) is 0.376. The van der Waals surface area contributed by atoms with Gasteiger partial charge in [0.05, 0.1) is 17.7 Å². The average Bonchev–Trinajstić information content (AvgIpc) is 3.02. The van der Waals surface area contributed by atoms with E-state index in [1.807, 2.05) is 0 Å². The van der Waals surface area contributed by atoms with Crippen molar-refractivity contribution in [2.45, 2.75) is 37.6 Å². The van der Waals surface area contributed by atoms with Gasteiger partial charge in [0.25, 0.3) is 5.24 Å². The summed E-state index contributed by atoms with van der Waals surface area (Å²) in [6.07, 6.45) is -1.38. The fourth-order valence-electron chi connectivity index (χ4n) is 2.91. The number of thioether (sulfide) groups is 2. The molecule has 1 saturated heterocycles. The number of benzene rings is 1. The van der Waals surface area contributed by atoms with Gasteiger partial charge in [0.1, 0.15) is 0 Å². The van der Waals surface area contributed by atoms with Crippen molar-refractivity contribution in [3.63, 3.8) is 0 Å². The second-order valence-electron chi connectivity index (χ2n) is 6.80. The minimum atomic E-state index is -4.43. The van der Waals surface area contributed by atoms with E-state index in [1.54, 1.807) is 22.7 Å². The van der Waals surface area contributed by atoms with Crippen molar-refractivity contribution < 1.29 is 33.0 Å². The summed E-state index contributed by atoms with van der Waals surface area (Å²) in [6.45, 7) is 0.516. The minimum Gasteiger partial charge on any atom is -0.481 e. The highest BCUT2D eigenvalue weighted by atomic mass is 32.2. The van der Waals surface area contributed by atoms with Crippen LogP contribution >= 0.6 is 23.5 Å². The van der Waals surface area contributed by atoms with Gasteiger partial charge < -0.3 is 15.1 Å². The molecule has 0 unspecified atom stereocenters. The van der Waals surface area contributed by atoms with Crippen molar-refractivity contribution in [3.8, 4) is 0 Å². The van der Waals surface area contributed by atoms with E-state index < -0.39 is 23.8 Å². The number of amides is 1. The SMILES string of the molecule is O=C(O)CCCSCCN1C(=O)SC[C@@H]1/C=C/[C@@H](O)Cc1cccc(C(F)(F)F)c1. The van der Waals surface area contributed by atoms with Crippen LogP contribution in [0.25, 0.3) is 0 Å². The summed E-state index contributed by atoms with van der Waals surface area (Å²) >= 11 is 2.77. The van der Waals surface area contributed by atoms with Crippen molar-refractivity contribution in [1.82, 2.24) is 4.90 Å². The maximum absolute atomic E-state index is 12.8. The molecule has 1 amide bonds. The predicted molar refractivity (Wildman–Crippen MR) is 113 cm³/mol. The molecule has 0 radical (unpaired) electrons. The van der Waals surface area contributed by atoms with E-state index in [1.165, 1.54) is 30.0 Å². The van der Waals surface area contributed by atoms with Crippen LogP contribution in [0, 0.1) is 0 Å². The molecule has 1 aliphatic rings. The van der Waals surface area contributed by atoms with Gasteiger partial charge in [-0.3, -0.25) is 9.59 Å². The monoisotopic (exact) mass is 463 g/mol. The number of nitrogens with zero attached hydrogens (tertiary/aromatic N) is 1. The van der Waals surface area contributed by atoms with Gasteiger partial charge in [0.2, 0.25) is 0 Å². The third kappa shape index (κ3) is 8.23. The highest BCUT2D eigenvalue weighted by Crippen LogP contribution is 2.30. The number of carbonyl (C=O) groups is 2. The molecule has 30 heavy (non-hydrogen) atoms. The fourth-order valence-corrected chi connectivity index (χ4v) is 4.79. The largest absolute Gasteiger partial charge is 0.481 e. The molecule has 2 rings (SSSR count). The first-order valence-corrected chi connectivity index (χ1v) is 11.6. The Morgan fingerprint density at radius 1 is 1.37 bits per heavy atom. The van der Waals surface area contributed by atoms with Gasteiger partial charge in [0.15, 0.2) is 0 Å². The molecule has 0 aliphatic carbocycles. The van der Waals surface area contributed by atoms with E-state index in [9.17, 15) is 27.9 Å². The zero-order chi connectivity index (χ0) is 22.1. The lowest BCUT2D eigenvalue weighted by molar-refractivity contribution is -0.138. The number of carboxylic acid groups (broad SMARTS) is 1.